The van der Waals surface area contributed by atoms with Crippen LogP contribution in [0.2, 0.25) is 0 Å². The Labute approximate surface area is 87.2 Å². The molecule has 1 unspecified atom stereocenters. The molecule has 1 spiro atoms. The highest BCUT2D eigenvalue weighted by atomic mass is 15.3. The molecule has 2 rings (SSSR count). The second-order valence-electron chi connectivity index (χ2n) is 4.88. The summed E-state index contributed by atoms with van der Waals surface area (Å²) < 4.78 is 0. The van der Waals surface area contributed by atoms with Crippen molar-refractivity contribution in [1.82, 2.24) is 9.80 Å². The van der Waals surface area contributed by atoms with E-state index in [1.165, 1.54) is 38.9 Å². The Hall–Kier alpha value is -0.120. The lowest BCUT2D eigenvalue weighted by Crippen LogP contribution is -2.58. The summed E-state index contributed by atoms with van der Waals surface area (Å²) in [5.74, 6) is 0. The minimum absolute atomic E-state index is 0.348. The maximum absolute atomic E-state index is 6.30. The van der Waals surface area contributed by atoms with Crippen molar-refractivity contribution in [2.45, 2.75) is 37.8 Å². The normalized spacial score (nSPS) is 34.1. The van der Waals surface area contributed by atoms with Crippen LogP contribution in [0.3, 0.4) is 0 Å². The second kappa shape index (κ2) is 3.80. The van der Waals surface area contributed by atoms with Gasteiger partial charge >= 0.3 is 0 Å². The Bertz CT molecular complexity index is 197. The number of nitrogens with zero attached hydrogens (tertiary/aromatic N) is 2. The van der Waals surface area contributed by atoms with Crippen molar-refractivity contribution in [2.24, 2.45) is 5.73 Å². The smallest absolute Gasteiger partial charge is 0.0385 e. The molecule has 2 saturated heterocycles. The van der Waals surface area contributed by atoms with Gasteiger partial charge in [-0.2, -0.15) is 0 Å². The fourth-order valence-electron chi connectivity index (χ4n) is 3.19. The Morgan fingerprint density at radius 3 is 2.50 bits per heavy atom. The van der Waals surface area contributed by atoms with Crippen LogP contribution in [0.1, 0.15) is 26.2 Å². The van der Waals surface area contributed by atoms with Gasteiger partial charge in [0.05, 0.1) is 0 Å². The number of hydrogen-bond acceptors (Lipinski definition) is 3. The van der Waals surface area contributed by atoms with Gasteiger partial charge in [0.1, 0.15) is 0 Å². The minimum atomic E-state index is 0.348. The van der Waals surface area contributed by atoms with Crippen molar-refractivity contribution in [3.8, 4) is 0 Å². The van der Waals surface area contributed by atoms with Gasteiger partial charge in [-0.3, -0.25) is 4.90 Å². The first-order valence-corrected chi connectivity index (χ1v) is 5.88. The van der Waals surface area contributed by atoms with E-state index in [4.69, 9.17) is 5.73 Å². The van der Waals surface area contributed by atoms with Gasteiger partial charge in [-0.15, -0.1) is 0 Å². The highest BCUT2D eigenvalue weighted by molar-refractivity contribution is 5.06. The van der Waals surface area contributed by atoms with Crippen molar-refractivity contribution in [3.05, 3.63) is 0 Å². The number of likely N-dealkylation sites (tertiary alicyclic amines) is 2. The summed E-state index contributed by atoms with van der Waals surface area (Å²) in [4.78, 5) is 5.04. The van der Waals surface area contributed by atoms with Crippen LogP contribution >= 0.6 is 0 Å². The van der Waals surface area contributed by atoms with Crippen LogP contribution in [0.25, 0.3) is 0 Å². The Morgan fingerprint density at radius 1 is 1.29 bits per heavy atom. The monoisotopic (exact) mass is 197 g/mol. The van der Waals surface area contributed by atoms with Crippen LogP contribution in [0.15, 0.2) is 0 Å². The van der Waals surface area contributed by atoms with Crippen molar-refractivity contribution < 1.29 is 0 Å². The second-order valence-corrected chi connectivity index (χ2v) is 4.88. The molecule has 3 nitrogen and oxygen atoms in total. The van der Waals surface area contributed by atoms with Crippen molar-refractivity contribution >= 4 is 0 Å². The summed E-state index contributed by atoms with van der Waals surface area (Å²) in [7, 11) is 2.21. The molecule has 2 heterocycles. The van der Waals surface area contributed by atoms with Gasteiger partial charge in [0.15, 0.2) is 0 Å². The van der Waals surface area contributed by atoms with E-state index in [0.717, 1.165) is 6.54 Å². The number of piperidine rings is 1. The molecule has 0 radical (unpaired) electrons. The van der Waals surface area contributed by atoms with E-state index in [-0.39, 0.29) is 0 Å². The molecule has 0 saturated carbocycles. The average molecular weight is 197 g/mol. The van der Waals surface area contributed by atoms with Crippen LogP contribution in [-0.2, 0) is 0 Å². The number of rotatable bonds is 1. The predicted molar refractivity (Wildman–Crippen MR) is 59.3 cm³/mol. The minimum Gasteiger partial charge on any atom is -0.326 e. The summed E-state index contributed by atoms with van der Waals surface area (Å²) in [6, 6.07) is 0.413. The molecular weight excluding hydrogens is 174 g/mol. The first-order valence-electron chi connectivity index (χ1n) is 5.88. The average Bonchev–Trinajstić information content (AvgIpc) is 2.49. The number of hydrogen-bond donors (Lipinski definition) is 1. The van der Waals surface area contributed by atoms with Gasteiger partial charge in [-0.25, -0.2) is 0 Å². The molecular formula is C11H23N3. The Balaban J connectivity index is 2.11. The van der Waals surface area contributed by atoms with Crippen LogP contribution in [0.5, 0.6) is 0 Å². The third-order valence-corrected chi connectivity index (χ3v) is 4.26. The topological polar surface area (TPSA) is 32.5 Å². The van der Waals surface area contributed by atoms with Crippen LogP contribution in [0.4, 0.5) is 0 Å². The summed E-state index contributed by atoms with van der Waals surface area (Å²) in [6.45, 7) is 7.06. The number of nitrogens with two attached hydrogens (primary N) is 1. The summed E-state index contributed by atoms with van der Waals surface area (Å²) in [5.41, 5.74) is 6.64. The molecule has 14 heavy (non-hydrogen) atoms. The molecule has 2 N–H and O–H groups in total. The first-order chi connectivity index (χ1) is 6.69. The standard InChI is InChI=1S/C11H23N3/c1-3-14-7-4-10(12)11(14)5-8-13(2)9-6-11/h10H,3-9,12H2,1-2H3. The van der Waals surface area contributed by atoms with Gasteiger partial charge < -0.3 is 10.6 Å². The SMILES string of the molecule is CCN1CCC(N)C12CCN(C)CC2. The van der Waals surface area contributed by atoms with Gasteiger partial charge in [-0.1, -0.05) is 6.92 Å². The van der Waals surface area contributed by atoms with Crippen molar-refractivity contribution in [1.29, 1.82) is 0 Å². The molecule has 0 aromatic carbocycles. The maximum Gasteiger partial charge on any atom is 0.0385 e. The van der Waals surface area contributed by atoms with E-state index >= 15 is 0 Å². The lowest BCUT2D eigenvalue weighted by atomic mass is 9.82. The molecule has 2 aliphatic heterocycles. The first kappa shape index (κ1) is 10.4. The Kier molecular flexibility index (Phi) is 2.82. The molecule has 0 amide bonds. The van der Waals surface area contributed by atoms with E-state index < -0.39 is 0 Å². The molecule has 3 heteroatoms. The molecule has 0 bridgehead atoms. The quantitative estimate of drug-likeness (QED) is 0.664. The zero-order valence-corrected chi connectivity index (χ0v) is 9.50. The Morgan fingerprint density at radius 2 is 1.93 bits per heavy atom. The lowest BCUT2D eigenvalue weighted by Gasteiger charge is -2.46. The molecule has 2 fully saturated rings. The summed E-state index contributed by atoms with van der Waals surface area (Å²) >= 11 is 0. The van der Waals surface area contributed by atoms with Gasteiger partial charge in [0, 0.05) is 18.1 Å². The van der Waals surface area contributed by atoms with Crippen LogP contribution in [-0.4, -0.2) is 54.6 Å². The van der Waals surface area contributed by atoms with E-state index in [0.29, 0.717) is 11.6 Å². The third kappa shape index (κ3) is 1.47. The van der Waals surface area contributed by atoms with Crippen molar-refractivity contribution in [2.75, 3.05) is 33.2 Å². The molecule has 0 aliphatic carbocycles. The third-order valence-electron chi connectivity index (χ3n) is 4.26. The zero-order chi connectivity index (χ0) is 10.2. The van der Waals surface area contributed by atoms with Crippen molar-refractivity contribution in [3.63, 3.8) is 0 Å². The van der Waals surface area contributed by atoms with Gasteiger partial charge in [0.2, 0.25) is 0 Å². The fraction of sp³-hybridized carbons (Fsp3) is 1.00. The largest absolute Gasteiger partial charge is 0.326 e. The fourth-order valence-corrected chi connectivity index (χ4v) is 3.19. The van der Waals surface area contributed by atoms with Gasteiger partial charge in [0.25, 0.3) is 0 Å². The zero-order valence-electron chi connectivity index (χ0n) is 9.50. The summed E-state index contributed by atoms with van der Waals surface area (Å²) in [6.07, 6.45) is 3.72. The van der Waals surface area contributed by atoms with Crippen LogP contribution < -0.4 is 5.73 Å². The van der Waals surface area contributed by atoms with E-state index in [2.05, 4.69) is 23.8 Å². The summed E-state index contributed by atoms with van der Waals surface area (Å²) in [5, 5.41) is 0. The van der Waals surface area contributed by atoms with Crippen LogP contribution in [0, 0.1) is 0 Å². The highest BCUT2D eigenvalue weighted by Crippen LogP contribution is 2.36. The van der Waals surface area contributed by atoms with E-state index in [1.807, 2.05) is 0 Å². The lowest BCUT2D eigenvalue weighted by molar-refractivity contribution is 0.0564. The molecule has 0 aromatic heterocycles. The maximum atomic E-state index is 6.30. The van der Waals surface area contributed by atoms with E-state index in [9.17, 15) is 0 Å². The number of likely N-dealkylation sites (N-methyl/N-ethyl adjacent to an activating group) is 1. The molecule has 2 aliphatic rings. The molecule has 1 atom stereocenters. The van der Waals surface area contributed by atoms with E-state index in [1.54, 1.807) is 0 Å². The highest BCUT2D eigenvalue weighted by Gasteiger charge is 2.47. The predicted octanol–water partition coefficient (Wildman–Crippen LogP) is 0.504. The van der Waals surface area contributed by atoms with Gasteiger partial charge in [-0.05, 0) is 45.9 Å². The molecule has 82 valence electrons. The molecule has 0 aromatic rings.